The monoisotopic (exact) mass is 363 g/mol. The predicted octanol–water partition coefficient (Wildman–Crippen LogP) is 4.56. The molecule has 0 unspecified atom stereocenters. The van der Waals surface area contributed by atoms with Gasteiger partial charge in [-0.25, -0.2) is 0 Å². The van der Waals surface area contributed by atoms with E-state index in [1.807, 2.05) is 42.5 Å². The zero-order valence-corrected chi connectivity index (χ0v) is 15.6. The summed E-state index contributed by atoms with van der Waals surface area (Å²) in [5.41, 5.74) is 0.0866. The van der Waals surface area contributed by atoms with Crippen LogP contribution in [0, 0.1) is 0 Å². The van der Waals surface area contributed by atoms with Crippen molar-refractivity contribution < 1.29 is 4.74 Å². The molecule has 0 amide bonds. The summed E-state index contributed by atoms with van der Waals surface area (Å²) in [7, 11) is 0. The maximum absolute atomic E-state index is 12.7. The molecule has 0 atom stereocenters. The quantitative estimate of drug-likeness (QED) is 0.601. The topological polar surface area (TPSA) is 29.5 Å². The average molecular weight is 364 g/mol. The number of nitrogens with zero attached hydrogens (tertiary/aromatic N) is 1. The Morgan fingerprint density at radius 1 is 1.00 bits per heavy atom. The Morgan fingerprint density at radius 3 is 2.46 bits per heavy atom. The highest BCUT2D eigenvalue weighted by Crippen LogP contribution is 2.27. The molecule has 0 saturated carbocycles. The van der Waals surface area contributed by atoms with Crippen molar-refractivity contribution in [2.75, 3.05) is 26.2 Å². The van der Waals surface area contributed by atoms with Crippen LogP contribution < -0.4 is 10.2 Å². The Kier molecular flexibility index (Phi) is 6.60. The molecule has 0 bridgehead atoms. The zero-order valence-electron chi connectivity index (χ0n) is 14.0. The molecule has 0 saturated heterocycles. The normalized spacial score (nSPS) is 11.0. The second-order valence-electron chi connectivity index (χ2n) is 5.46. The minimum atomic E-state index is 0. The number of rotatable bonds is 6. The number of likely N-dealkylation sites (N-methyl/N-ethyl adjacent to an activating group) is 1. The van der Waals surface area contributed by atoms with E-state index in [-0.39, 0.29) is 17.8 Å². The first-order valence-corrected chi connectivity index (χ1v) is 8.85. The highest BCUT2D eigenvalue weighted by Gasteiger charge is 2.07. The fraction of sp³-hybridized carbons (Fsp3) is 0.316. The largest absolute Gasteiger partial charge is 0.492 e. The zero-order chi connectivity index (χ0) is 16.2. The summed E-state index contributed by atoms with van der Waals surface area (Å²) in [6, 6.07) is 13.6. The van der Waals surface area contributed by atoms with E-state index in [0.29, 0.717) is 6.61 Å². The Labute approximate surface area is 152 Å². The molecule has 0 radical (unpaired) electrons. The van der Waals surface area contributed by atoms with Crippen molar-refractivity contribution in [3.63, 3.8) is 0 Å². The van der Waals surface area contributed by atoms with Crippen molar-refractivity contribution >= 4 is 43.9 Å². The van der Waals surface area contributed by atoms with E-state index in [4.69, 9.17) is 4.74 Å². The average Bonchev–Trinajstić information content (AvgIpc) is 2.59. The summed E-state index contributed by atoms with van der Waals surface area (Å²) in [4.78, 5) is 15.0. The molecule has 1 aromatic heterocycles. The molecule has 0 N–H and O–H groups in total. The van der Waals surface area contributed by atoms with E-state index in [1.165, 1.54) is 0 Å². The van der Waals surface area contributed by atoms with Crippen LogP contribution in [0.1, 0.15) is 13.8 Å². The summed E-state index contributed by atoms with van der Waals surface area (Å²) in [6.45, 7) is 7.88. The van der Waals surface area contributed by atoms with Gasteiger partial charge in [0.25, 0.3) is 0 Å². The van der Waals surface area contributed by atoms with Gasteiger partial charge in [0.05, 0.1) is 0 Å². The van der Waals surface area contributed by atoms with Gasteiger partial charge in [-0.05, 0) is 43.4 Å². The molecule has 5 heteroatoms. The molecular weight excluding hydrogens is 342 g/mol. The highest BCUT2D eigenvalue weighted by atomic mass is 35.5. The van der Waals surface area contributed by atoms with Gasteiger partial charge in [0.15, 0.2) is 5.43 Å². The lowest BCUT2D eigenvalue weighted by Gasteiger charge is -2.18. The van der Waals surface area contributed by atoms with E-state index in [9.17, 15) is 4.79 Å². The minimum absolute atomic E-state index is 0. The van der Waals surface area contributed by atoms with Crippen molar-refractivity contribution in [2.45, 2.75) is 13.8 Å². The van der Waals surface area contributed by atoms with Gasteiger partial charge >= 0.3 is 0 Å². The standard InChI is InChI=1S/C19H21NO2S.ClH/c1-3-20(4-2)11-12-22-14-9-10-18-16(13-14)19(21)15-7-5-6-8-17(15)23-18;/h5-10,13H,3-4,11-12H2,1-2H3;1H. The molecule has 3 nitrogen and oxygen atoms in total. The van der Waals surface area contributed by atoms with Crippen LogP contribution in [-0.2, 0) is 0 Å². The summed E-state index contributed by atoms with van der Waals surface area (Å²) in [5, 5.41) is 1.53. The van der Waals surface area contributed by atoms with Crippen LogP contribution in [-0.4, -0.2) is 31.1 Å². The fourth-order valence-electron chi connectivity index (χ4n) is 2.70. The highest BCUT2D eigenvalue weighted by molar-refractivity contribution is 7.24. The second-order valence-corrected chi connectivity index (χ2v) is 6.54. The summed E-state index contributed by atoms with van der Waals surface area (Å²) < 4.78 is 7.87. The second kappa shape index (κ2) is 8.47. The van der Waals surface area contributed by atoms with Crippen LogP contribution >= 0.6 is 23.7 Å². The number of benzene rings is 2. The molecule has 0 aliphatic heterocycles. The summed E-state index contributed by atoms with van der Waals surface area (Å²) >= 11 is 1.65. The van der Waals surface area contributed by atoms with Gasteiger partial charge in [-0.2, -0.15) is 0 Å². The first kappa shape index (κ1) is 18.7. The Morgan fingerprint density at radius 2 is 1.71 bits per heavy atom. The van der Waals surface area contributed by atoms with Gasteiger partial charge in [-0.1, -0.05) is 26.0 Å². The van der Waals surface area contributed by atoms with Gasteiger partial charge in [0.1, 0.15) is 12.4 Å². The number of ether oxygens (including phenoxy) is 1. The van der Waals surface area contributed by atoms with E-state index >= 15 is 0 Å². The van der Waals surface area contributed by atoms with Crippen LogP contribution in [0.15, 0.2) is 47.3 Å². The van der Waals surface area contributed by atoms with Crippen molar-refractivity contribution in [1.29, 1.82) is 0 Å². The van der Waals surface area contributed by atoms with E-state index in [0.717, 1.165) is 45.6 Å². The Bertz CT molecular complexity index is 874. The van der Waals surface area contributed by atoms with Crippen LogP contribution in [0.2, 0.25) is 0 Å². The van der Waals surface area contributed by atoms with Crippen LogP contribution in [0.25, 0.3) is 20.2 Å². The summed E-state index contributed by atoms with van der Waals surface area (Å²) in [6.07, 6.45) is 0. The molecule has 0 fully saturated rings. The third kappa shape index (κ3) is 3.89. The van der Waals surface area contributed by atoms with Gasteiger partial charge in [-0.15, -0.1) is 23.7 Å². The number of hydrogen-bond donors (Lipinski definition) is 0. The first-order chi connectivity index (χ1) is 11.2. The van der Waals surface area contributed by atoms with Crippen molar-refractivity contribution in [3.05, 3.63) is 52.7 Å². The lowest BCUT2D eigenvalue weighted by molar-refractivity contribution is 0.223. The van der Waals surface area contributed by atoms with Crippen molar-refractivity contribution in [1.82, 2.24) is 4.90 Å². The lowest BCUT2D eigenvalue weighted by atomic mass is 10.2. The number of halogens is 1. The first-order valence-electron chi connectivity index (χ1n) is 8.03. The molecule has 128 valence electrons. The molecule has 0 spiro atoms. The van der Waals surface area contributed by atoms with E-state index in [2.05, 4.69) is 18.7 Å². The van der Waals surface area contributed by atoms with E-state index in [1.54, 1.807) is 11.3 Å². The number of fused-ring (bicyclic) bond motifs is 2. The molecule has 3 aromatic rings. The third-order valence-corrected chi connectivity index (χ3v) is 5.27. The van der Waals surface area contributed by atoms with Gasteiger partial charge in [0.2, 0.25) is 0 Å². The lowest BCUT2D eigenvalue weighted by Crippen LogP contribution is -2.27. The van der Waals surface area contributed by atoms with Gasteiger partial charge < -0.3 is 9.64 Å². The summed E-state index contributed by atoms with van der Waals surface area (Å²) in [5.74, 6) is 0.768. The van der Waals surface area contributed by atoms with Crippen LogP contribution in [0.5, 0.6) is 5.75 Å². The Balaban J connectivity index is 0.00000208. The molecule has 24 heavy (non-hydrogen) atoms. The fourth-order valence-corrected chi connectivity index (χ4v) is 3.76. The van der Waals surface area contributed by atoms with E-state index < -0.39 is 0 Å². The van der Waals surface area contributed by atoms with Gasteiger partial charge in [-0.3, -0.25) is 4.79 Å². The third-order valence-electron chi connectivity index (χ3n) is 4.12. The molecule has 2 aromatic carbocycles. The maximum Gasteiger partial charge on any atom is 0.196 e. The molecular formula is C19H22ClNO2S. The molecule has 0 aliphatic rings. The maximum atomic E-state index is 12.7. The molecule has 1 heterocycles. The van der Waals surface area contributed by atoms with Crippen LogP contribution in [0.3, 0.4) is 0 Å². The molecule has 0 aliphatic carbocycles. The van der Waals surface area contributed by atoms with Crippen molar-refractivity contribution in [2.24, 2.45) is 0 Å². The van der Waals surface area contributed by atoms with Gasteiger partial charge in [0, 0.05) is 26.7 Å². The Hall–Kier alpha value is -1.62. The smallest absolute Gasteiger partial charge is 0.196 e. The van der Waals surface area contributed by atoms with Crippen molar-refractivity contribution in [3.8, 4) is 5.75 Å². The predicted molar refractivity (Wildman–Crippen MR) is 106 cm³/mol. The minimum Gasteiger partial charge on any atom is -0.492 e. The SMILES string of the molecule is CCN(CC)CCOc1ccc2sc3ccccc3c(=O)c2c1.Cl. The van der Waals surface area contributed by atoms with Crippen LogP contribution in [0.4, 0.5) is 0 Å². The number of hydrogen-bond acceptors (Lipinski definition) is 4. The molecule has 3 rings (SSSR count).